The zero-order chi connectivity index (χ0) is 11.9. The second-order valence-corrected chi connectivity index (χ2v) is 4.08. The van der Waals surface area contributed by atoms with Crippen molar-refractivity contribution in [3.8, 4) is 0 Å². The third kappa shape index (κ3) is 9.23. The second kappa shape index (κ2) is 6.41. The van der Waals surface area contributed by atoms with E-state index < -0.39 is 11.7 Å². The number of ether oxygens (including phenoxy) is 2. The maximum atomic E-state index is 11.1. The third-order valence-corrected chi connectivity index (χ3v) is 1.36. The highest BCUT2D eigenvalue weighted by atomic mass is 32.1. The summed E-state index contributed by atoms with van der Waals surface area (Å²) in [5, 5.41) is 2.59. The Bertz CT molecular complexity index is 228. The summed E-state index contributed by atoms with van der Waals surface area (Å²) < 4.78 is 9.89. The zero-order valence-electron chi connectivity index (χ0n) is 9.12. The van der Waals surface area contributed by atoms with Crippen molar-refractivity contribution in [2.45, 2.75) is 26.4 Å². The minimum atomic E-state index is -0.501. The fourth-order valence-electron chi connectivity index (χ4n) is 0.653. The number of carbonyl (C=O) groups excluding carboxylic acids is 1. The van der Waals surface area contributed by atoms with Crippen molar-refractivity contribution in [1.29, 1.82) is 0 Å². The van der Waals surface area contributed by atoms with Crippen molar-refractivity contribution in [2.75, 3.05) is 13.2 Å². The van der Waals surface area contributed by atoms with Crippen molar-refractivity contribution in [1.82, 2.24) is 10.7 Å². The van der Waals surface area contributed by atoms with Crippen LogP contribution < -0.4 is 16.6 Å². The maximum absolute atomic E-state index is 11.1. The Labute approximate surface area is 94.5 Å². The lowest BCUT2D eigenvalue weighted by Crippen LogP contribution is -2.36. The van der Waals surface area contributed by atoms with Crippen molar-refractivity contribution in [3.05, 3.63) is 0 Å². The van der Waals surface area contributed by atoms with Crippen LogP contribution in [0.3, 0.4) is 0 Å². The molecule has 0 spiro atoms. The summed E-state index contributed by atoms with van der Waals surface area (Å²) in [6.45, 7) is 5.91. The normalized spacial score (nSPS) is 10.4. The van der Waals surface area contributed by atoms with Gasteiger partial charge in [0.05, 0.1) is 6.54 Å². The van der Waals surface area contributed by atoms with Crippen LogP contribution in [0.15, 0.2) is 0 Å². The van der Waals surface area contributed by atoms with Crippen LogP contribution >= 0.6 is 12.2 Å². The molecule has 0 saturated carbocycles. The van der Waals surface area contributed by atoms with Gasteiger partial charge in [0.25, 0.3) is 5.17 Å². The lowest BCUT2D eigenvalue weighted by Gasteiger charge is -2.19. The highest BCUT2D eigenvalue weighted by molar-refractivity contribution is 7.80. The first kappa shape index (κ1) is 13.9. The number of carbonyl (C=O) groups is 1. The van der Waals surface area contributed by atoms with Crippen LogP contribution in [0.25, 0.3) is 0 Å². The lowest BCUT2D eigenvalue weighted by atomic mass is 10.2. The van der Waals surface area contributed by atoms with Crippen LogP contribution in [-0.2, 0) is 9.47 Å². The fourth-order valence-corrected chi connectivity index (χ4v) is 0.736. The van der Waals surface area contributed by atoms with Gasteiger partial charge >= 0.3 is 6.09 Å². The molecule has 0 radical (unpaired) electrons. The van der Waals surface area contributed by atoms with Gasteiger partial charge in [0, 0.05) is 0 Å². The number of alkyl carbamates (subject to hydrolysis) is 1. The summed E-state index contributed by atoms with van der Waals surface area (Å²) in [6, 6.07) is 0. The van der Waals surface area contributed by atoms with Crippen molar-refractivity contribution in [2.24, 2.45) is 5.84 Å². The van der Waals surface area contributed by atoms with Gasteiger partial charge in [0.2, 0.25) is 0 Å². The molecule has 0 bridgehead atoms. The van der Waals surface area contributed by atoms with Crippen molar-refractivity contribution in [3.63, 3.8) is 0 Å². The SMILES string of the molecule is CC(C)(C)OC(=O)NCCOC(=S)NN. The maximum Gasteiger partial charge on any atom is 0.407 e. The van der Waals surface area contributed by atoms with Gasteiger partial charge in [-0.1, -0.05) is 0 Å². The average Bonchev–Trinajstić information content (AvgIpc) is 2.09. The first-order valence-electron chi connectivity index (χ1n) is 4.45. The molecule has 7 heteroatoms. The van der Waals surface area contributed by atoms with Crippen LogP contribution in [0.2, 0.25) is 0 Å². The number of amides is 1. The predicted octanol–water partition coefficient (Wildman–Crippen LogP) is 0.276. The molecule has 0 fully saturated rings. The highest BCUT2D eigenvalue weighted by Gasteiger charge is 2.15. The quantitative estimate of drug-likeness (QED) is 0.282. The average molecular weight is 235 g/mol. The van der Waals surface area contributed by atoms with E-state index in [9.17, 15) is 4.79 Å². The molecule has 0 aromatic carbocycles. The highest BCUT2D eigenvalue weighted by Crippen LogP contribution is 2.05. The van der Waals surface area contributed by atoms with E-state index in [0.29, 0.717) is 6.54 Å². The van der Waals surface area contributed by atoms with Crippen molar-refractivity contribution >= 4 is 23.5 Å². The molecule has 0 aliphatic carbocycles. The van der Waals surface area contributed by atoms with Crippen molar-refractivity contribution < 1.29 is 14.3 Å². The molecule has 0 rings (SSSR count). The van der Waals surface area contributed by atoms with Crippen LogP contribution in [0.4, 0.5) is 4.79 Å². The van der Waals surface area contributed by atoms with Crippen LogP contribution in [0.5, 0.6) is 0 Å². The molecule has 0 heterocycles. The summed E-state index contributed by atoms with van der Waals surface area (Å²) in [7, 11) is 0. The van der Waals surface area contributed by atoms with Gasteiger partial charge in [0.15, 0.2) is 0 Å². The Morgan fingerprint density at radius 3 is 2.53 bits per heavy atom. The molecule has 0 atom stereocenters. The standard InChI is InChI=1S/C8H17N3O3S/c1-8(2,3)14-6(12)10-4-5-13-7(15)11-9/h4-5,9H2,1-3H3,(H,10,12)(H,11,15). The minimum absolute atomic E-state index is 0.0842. The minimum Gasteiger partial charge on any atom is -0.468 e. The molecular weight excluding hydrogens is 218 g/mol. The zero-order valence-corrected chi connectivity index (χ0v) is 9.94. The monoisotopic (exact) mass is 235 g/mol. The van der Waals surface area contributed by atoms with E-state index in [1.165, 1.54) is 0 Å². The van der Waals surface area contributed by atoms with Gasteiger partial charge in [-0.2, -0.15) is 0 Å². The van der Waals surface area contributed by atoms with Gasteiger partial charge in [-0.3, -0.25) is 5.43 Å². The van der Waals surface area contributed by atoms with E-state index in [1.807, 2.05) is 0 Å². The number of rotatable bonds is 3. The molecule has 6 nitrogen and oxygen atoms in total. The molecule has 0 aromatic rings. The predicted molar refractivity (Wildman–Crippen MR) is 60.1 cm³/mol. The molecule has 0 aliphatic rings. The largest absolute Gasteiger partial charge is 0.468 e. The Kier molecular flexibility index (Phi) is 5.95. The van der Waals surface area contributed by atoms with E-state index in [-0.39, 0.29) is 11.8 Å². The van der Waals surface area contributed by atoms with Crippen LogP contribution in [-0.4, -0.2) is 30.0 Å². The fraction of sp³-hybridized carbons (Fsp3) is 0.750. The number of thiocarbonyl (C=S) groups is 1. The van der Waals surface area contributed by atoms with E-state index in [1.54, 1.807) is 20.8 Å². The molecule has 4 N–H and O–H groups in total. The topological polar surface area (TPSA) is 85.6 Å². The Balaban J connectivity index is 3.52. The summed E-state index contributed by atoms with van der Waals surface area (Å²) in [5.41, 5.74) is 1.66. The second-order valence-electron chi connectivity index (χ2n) is 3.71. The van der Waals surface area contributed by atoms with Gasteiger partial charge in [-0.25, -0.2) is 10.6 Å². The van der Waals surface area contributed by atoms with E-state index >= 15 is 0 Å². The summed E-state index contributed by atoms with van der Waals surface area (Å²) >= 11 is 4.62. The third-order valence-electron chi connectivity index (χ3n) is 1.12. The van der Waals surface area contributed by atoms with Gasteiger partial charge in [-0.15, -0.1) is 0 Å². The molecule has 0 unspecified atom stereocenters. The van der Waals surface area contributed by atoms with Gasteiger partial charge in [-0.05, 0) is 33.0 Å². The smallest absolute Gasteiger partial charge is 0.407 e. The lowest BCUT2D eigenvalue weighted by molar-refractivity contribution is 0.0519. The number of nitrogens with two attached hydrogens (primary N) is 1. The van der Waals surface area contributed by atoms with E-state index in [0.717, 1.165) is 0 Å². The number of nitrogens with one attached hydrogen (secondary N) is 2. The molecular formula is C8H17N3O3S. The summed E-state index contributed by atoms with van der Waals surface area (Å²) in [6.07, 6.45) is -0.488. The molecule has 1 amide bonds. The summed E-state index contributed by atoms with van der Waals surface area (Å²) in [4.78, 5) is 11.1. The van der Waals surface area contributed by atoms with Crippen LogP contribution in [0, 0.1) is 0 Å². The van der Waals surface area contributed by atoms with Crippen LogP contribution in [0.1, 0.15) is 20.8 Å². The van der Waals surface area contributed by atoms with E-state index in [4.69, 9.17) is 15.3 Å². The number of hydrogen-bond donors (Lipinski definition) is 3. The molecule has 15 heavy (non-hydrogen) atoms. The first-order chi connectivity index (χ1) is 6.85. The molecule has 88 valence electrons. The molecule has 0 saturated heterocycles. The Morgan fingerprint density at radius 1 is 1.47 bits per heavy atom. The number of hydrogen-bond acceptors (Lipinski definition) is 5. The van der Waals surface area contributed by atoms with E-state index in [2.05, 4.69) is 23.0 Å². The molecule has 0 aliphatic heterocycles. The molecule has 0 aromatic heterocycles. The van der Waals surface area contributed by atoms with Gasteiger partial charge in [0.1, 0.15) is 12.2 Å². The first-order valence-corrected chi connectivity index (χ1v) is 4.86. The van der Waals surface area contributed by atoms with Gasteiger partial charge < -0.3 is 14.8 Å². The Morgan fingerprint density at radius 2 is 2.07 bits per heavy atom. The summed E-state index contributed by atoms with van der Waals surface area (Å²) in [5.74, 6) is 4.97. The number of hydrazine groups is 1. The Hall–Kier alpha value is -1.08.